The molecule has 2 nitrogen and oxygen atoms in total. The van der Waals surface area contributed by atoms with Crippen LogP contribution < -0.4 is 10.5 Å². The zero-order chi connectivity index (χ0) is 15.8. The molecule has 0 bridgehead atoms. The van der Waals surface area contributed by atoms with Crippen LogP contribution in [0.5, 0.6) is 5.75 Å². The molecule has 0 aliphatic carbocycles. The number of nitrogens with two attached hydrogens (primary N) is 1. The van der Waals surface area contributed by atoms with Crippen LogP contribution in [0, 0.1) is 6.92 Å². The molecule has 0 fully saturated rings. The second-order valence-electron chi connectivity index (χ2n) is 5.64. The van der Waals surface area contributed by atoms with Crippen molar-refractivity contribution in [3.63, 3.8) is 0 Å². The third-order valence-electron chi connectivity index (χ3n) is 3.86. The zero-order valence-corrected chi connectivity index (χ0v) is 13.9. The normalized spacial score (nSPS) is 12.1. The van der Waals surface area contributed by atoms with Crippen LogP contribution in [0.15, 0.2) is 48.5 Å². The number of hydrogen-bond donors (Lipinski definition) is 1. The fourth-order valence-electron chi connectivity index (χ4n) is 2.47. The minimum atomic E-state index is 0.441. The zero-order valence-electron chi connectivity index (χ0n) is 13.1. The molecule has 0 radical (unpaired) electrons. The van der Waals surface area contributed by atoms with Gasteiger partial charge < -0.3 is 10.5 Å². The van der Waals surface area contributed by atoms with E-state index in [1.165, 1.54) is 11.1 Å². The van der Waals surface area contributed by atoms with E-state index in [2.05, 4.69) is 31.2 Å². The lowest BCUT2D eigenvalue weighted by molar-refractivity contribution is 0.303. The number of benzene rings is 2. The Kier molecular flexibility index (Phi) is 6.75. The highest BCUT2D eigenvalue weighted by atomic mass is 35.5. The maximum Gasteiger partial charge on any atom is 0.119 e. The molecule has 0 amide bonds. The molecule has 1 atom stereocenters. The first-order valence-electron chi connectivity index (χ1n) is 7.84. The highest BCUT2D eigenvalue weighted by molar-refractivity contribution is 6.30. The van der Waals surface area contributed by atoms with Gasteiger partial charge >= 0.3 is 0 Å². The first-order chi connectivity index (χ1) is 10.7. The monoisotopic (exact) mass is 317 g/mol. The minimum absolute atomic E-state index is 0.441. The van der Waals surface area contributed by atoms with Crippen molar-refractivity contribution in [2.45, 2.75) is 32.1 Å². The maximum atomic E-state index is 5.92. The fraction of sp³-hybridized carbons (Fsp3) is 0.368. The van der Waals surface area contributed by atoms with Gasteiger partial charge in [0.1, 0.15) is 5.75 Å². The van der Waals surface area contributed by atoms with Crippen LogP contribution in [0.2, 0.25) is 5.02 Å². The summed E-state index contributed by atoms with van der Waals surface area (Å²) in [7, 11) is 0. The van der Waals surface area contributed by atoms with E-state index < -0.39 is 0 Å². The Morgan fingerprint density at radius 2 is 1.68 bits per heavy atom. The summed E-state index contributed by atoms with van der Waals surface area (Å²) in [5, 5.41) is 0.733. The second-order valence-corrected chi connectivity index (χ2v) is 6.08. The Balaban J connectivity index is 1.70. The van der Waals surface area contributed by atoms with Gasteiger partial charge in [-0.05, 0) is 68.5 Å². The minimum Gasteiger partial charge on any atom is -0.494 e. The Morgan fingerprint density at radius 3 is 2.32 bits per heavy atom. The van der Waals surface area contributed by atoms with Crippen molar-refractivity contribution in [1.82, 2.24) is 0 Å². The van der Waals surface area contributed by atoms with Gasteiger partial charge in [0.05, 0.1) is 6.61 Å². The first kappa shape index (κ1) is 16.9. The molecule has 0 spiro atoms. The number of unbranched alkanes of at least 4 members (excludes halogenated alkanes) is 1. The van der Waals surface area contributed by atoms with Gasteiger partial charge in [-0.2, -0.15) is 0 Å². The maximum absolute atomic E-state index is 5.92. The summed E-state index contributed by atoms with van der Waals surface area (Å²) < 4.78 is 5.71. The van der Waals surface area contributed by atoms with E-state index in [0.29, 0.717) is 12.5 Å². The molecular formula is C19H24ClNO. The summed E-state index contributed by atoms with van der Waals surface area (Å²) in [6.07, 6.45) is 3.25. The van der Waals surface area contributed by atoms with Crippen LogP contribution >= 0.6 is 11.6 Å². The van der Waals surface area contributed by atoms with Crippen LogP contribution in [0.4, 0.5) is 0 Å². The molecule has 118 valence electrons. The van der Waals surface area contributed by atoms with Crippen LogP contribution in [0.1, 0.15) is 36.3 Å². The molecule has 2 rings (SSSR count). The van der Waals surface area contributed by atoms with E-state index in [9.17, 15) is 0 Å². The highest BCUT2D eigenvalue weighted by Gasteiger charge is 2.09. The Morgan fingerprint density at radius 1 is 1.00 bits per heavy atom. The molecule has 0 aliphatic heterocycles. The predicted octanol–water partition coefficient (Wildman–Crippen LogP) is 4.94. The van der Waals surface area contributed by atoms with Crippen molar-refractivity contribution >= 4 is 11.6 Å². The SMILES string of the molecule is Cc1ccc(C(CN)CCCCOc2ccc(Cl)cc2)cc1. The van der Waals surface area contributed by atoms with Crippen molar-refractivity contribution in [3.8, 4) is 5.75 Å². The summed E-state index contributed by atoms with van der Waals surface area (Å²) in [6, 6.07) is 16.2. The summed E-state index contributed by atoms with van der Waals surface area (Å²) in [5.74, 6) is 1.31. The molecular weight excluding hydrogens is 294 g/mol. The van der Waals surface area contributed by atoms with E-state index in [4.69, 9.17) is 22.1 Å². The summed E-state index contributed by atoms with van der Waals surface area (Å²) in [6.45, 7) is 3.53. The second kappa shape index (κ2) is 8.82. The lowest BCUT2D eigenvalue weighted by Gasteiger charge is -2.15. The largest absolute Gasteiger partial charge is 0.494 e. The Bertz CT molecular complexity index is 551. The van der Waals surface area contributed by atoms with Gasteiger partial charge in [0.25, 0.3) is 0 Å². The Labute approximate surface area is 138 Å². The topological polar surface area (TPSA) is 35.2 Å². The van der Waals surface area contributed by atoms with E-state index in [-0.39, 0.29) is 0 Å². The third kappa shape index (κ3) is 5.36. The average molecular weight is 318 g/mol. The molecule has 0 heterocycles. The lowest BCUT2D eigenvalue weighted by atomic mass is 9.93. The molecule has 22 heavy (non-hydrogen) atoms. The average Bonchev–Trinajstić information content (AvgIpc) is 2.54. The molecule has 3 heteroatoms. The van der Waals surface area contributed by atoms with Gasteiger partial charge in [-0.1, -0.05) is 41.4 Å². The molecule has 0 saturated heterocycles. The first-order valence-corrected chi connectivity index (χ1v) is 8.22. The van der Waals surface area contributed by atoms with Crippen LogP contribution in [-0.4, -0.2) is 13.2 Å². The Hall–Kier alpha value is -1.51. The van der Waals surface area contributed by atoms with Crippen molar-refractivity contribution < 1.29 is 4.74 Å². The van der Waals surface area contributed by atoms with Crippen molar-refractivity contribution in [1.29, 1.82) is 0 Å². The third-order valence-corrected chi connectivity index (χ3v) is 4.11. The smallest absolute Gasteiger partial charge is 0.119 e. The van der Waals surface area contributed by atoms with Crippen LogP contribution in [0.3, 0.4) is 0 Å². The van der Waals surface area contributed by atoms with Crippen molar-refractivity contribution in [3.05, 3.63) is 64.7 Å². The fourth-order valence-corrected chi connectivity index (χ4v) is 2.60. The molecule has 2 N–H and O–H groups in total. The molecule has 0 saturated carbocycles. The lowest BCUT2D eigenvalue weighted by Crippen LogP contribution is -2.13. The number of halogens is 1. The van der Waals surface area contributed by atoms with Gasteiger partial charge in [-0.15, -0.1) is 0 Å². The molecule has 1 unspecified atom stereocenters. The molecule has 0 aliphatic rings. The number of aryl methyl sites for hydroxylation is 1. The van der Waals surface area contributed by atoms with Gasteiger partial charge in [0.2, 0.25) is 0 Å². The summed E-state index contributed by atoms with van der Waals surface area (Å²) in [5.41, 5.74) is 8.55. The van der Waals surface area contributed by atoms with Gasteiger partial charge in [-0.25, -0.2) is 0 Å². The van der Waals surface area contributed by atoms with Crippen LogP contribution in [-0.2, 0) is 0 Å². The van der Waals surface area contributed by atoms with Gasteiger partial charge in [0, 0.05) is 5.02 Å². The number of ether oxygens (including phenoxy) is 1. The standard InChI is InChI=1S/C19H24ClNO/c1-15-5-7-16(8-6-15)17(14-21)4-2-3-13-22-19-11-9-18(20)10-12-19/h5-12,17H,2-4,13-14,21H2,1H3. The number of rotatable bonds is 8. The molecule has 0 aromatic heterocycles. The molecule has 2 aromatic rings. The van der Waals surface area contributed by atoms with E-state index in [0.717, 1.165) is 36.6 Å². The van der Waals surface area contributed by atoms with E-state index >= 15 is 0 Å². The van der Waals surface area contributed by atoms with Crippen molar-refractivity contribution in [2.24, 2.45) is 5.73 Å². The van der Waals surface area contributed by atoms with Gasteiger partial charge in [0.15, 0.2) is 0 Å². The number of hydrogen-bond acceptors (Lipinski definition) is 2. The van der Waals surface area contributed by atoms with E-state index in [1.54, 1.807) is 0 Å². The summed E-state index contributed by atoms with van der Waals surface area (Å²) in [4.78, 5) is 0. The predicted molar refractivity (Wildman–Crippen MR) is 93.8 cm³/mol. The molecule has 2 aromatic carbocycles. The van der Waals surface area contributed by atoms with Crippen molar-refractivity contribution in [2.75, 3.05) is 13.2 Å². The quantitative estimate of drug-likeness (QED) is 0.700. The van der Waals surface area contributed by atoms with E-state index in [1.807, 2.05) is 24.3 Å². The van der Waals surface area contributed by atoms with Gasteiger partial charge in [-0.3, -0.25) is 0 Å². The summed E-state index contributed by atoms with van der Waals surface area (Å²) >= 11 is 5.85. The van der Waals surface area contributed by atoms with Crippen LogP contribution in [0.25, 0.3) is 0 Å². The highest BCUT2D eigenvalue weighted by Crippen LogP contribution is 2.22.